The van der Waals surface area contributed by atoms with Crippen LogP contribution in [0.1, 0.15) is 0 Å². The van der Waals surface area contributed by atoms with Crippen molar-refractivity contribution in [2.75, 3.05) is 32.3 Å². The molecule has 19 heavy (non-hydrogen) atoms. The molecular formula is C13H13FN2O3. The molecule has 0 radical (unpaired) electrons. The van der Waals surface area contributed by atoms with Gasteiger partial charge in [0.2, 0.25) is 0 Å². The maximum atomic E-state index is 13.3. The van der Waals surface area contributed by atoms with Crippen molar-refractivity contribution in [1.29, 1.82) is 5.26 Å². The molecule has 0 spiro atoms. The van der Waals surface area contributed by atoms with Crippen LogP contribution >= 0.6 is 0 Å². The van der Waals surface area contributed by atoms with E-state index in [1.807, 2.05) is 6.07 Å². The van der Waals surface area contributed by atoms with E-state index in [1.54, 1.807) is 0 Å². The first-order chi connectivity index (χ1) is 9.04. The molecule has 0 aromatic heterocycles. The van der Waals surface area contributed by atoms with Gasteiger partial charge in [0, 0.05) is 13.1 Å². The van der Waals surface area contributed by atoms with E-state index in [-0.39, 0.29) is 18.9 Å². The zero-order chi connectivity index (χ0) is 14.0. The predicted molar refractivity (Wildman–Crippen MR) is 65.2 cm³/mol. The number of methoxy groups -OCH3 is 1. The topological polar surface area (TPSA) is 62.6 Å². The molecule has 0 unspecified atom stereocenters. The van der Waals surface area contributed by atoms with Gasteiger partial charge in [0.25, 0.3) is 5.91 Å². The van der Waals surface area contributed by atoms with Crippen LogP contribution in [0.5, 0.6) is 5.75 Å². The third kappa shape index (κ3) is 2.13. The van der Waals surface area contributed by atoms with E-state index in [0.29, 0.717) is 5.75 Å². The van der Waals surface area contributed by atoms with Gasteiger partial charge in [-0.1, -0.05) is 0 Å². The normalized spacial score (nSPS) is 16.1. The number of nitrogens with zero attached hydrogens (tertiary/aromatic N) is 2. The Morgan fingerprint density at radius 3 is 2.74 bits per heavy atom. The van der Waals surface area contributed by atoms with Crippen LogP contribution in [0, 0.1) is 22.6 Å². The van der Waals surface area contributed by atoms with Gasteiger partial charge in [-0.25, -0.2) is 4.39 Å². The third-order valence-corrected chi connectivity index (χ3v) is 3.13. The lowest BCUT2D eigenvalue weighted by Crippen LogP contribution is -2.53. The summed E-state index contributed by atoms with van der Waals surface area (Å²) in [6.45, 7) is 0.120. The number of halogens is 1. The van der Waals surface area contributed by atoms with Crippen molar-refractivity contribution in [3.63, 3.8) is 0 Å². The zero-order valence-electron chi connectivity index (χ0n) is 10.6. The number of carbonyl (C=O) groups is 1. The molecule has 1 heterocycles. The largest absolute Gasteiger partial charge is 0.495 e. The second-order valence-electron chi connectivity index (χ2n) is 4.37. The fraction of sp³-hybridized carbons (Fsp3) is 0.385. The Morgan fingerprint density at radius 2 is 2.26 bits per heavy atom. The molecule has 6 heteroatoms. The highest BCUT2D eigenvalue weighted by molar-refractivity contribution is 6.00. The van der Waals surface area contributed by atoms with E-state index in [2.05, 4.69) is 0 Å². The van der Waals surface area contributed by atoms with Crippen LogP contribution in [0.4, 0.5) is 10.1 Å². The van der Waals surface area contributed by atoms with Gasteiger partial charge in [-0.3, -0.25) is 4.79 Å². The summed E-state index contributed by atoms with van der Waals surface area (Å²) in [6, 6.07) is 5.84. The van der Waals surface area contributed by atoms with Crippen molar-refractivity contribution in [2.45, 2.75) is 0 Å². The average molecular weight is 264 g/mol. The van der Waals surface area contributed by atoms with E-state index in [0.717, 1.165) is 0 Å². The van der Waals surface area contributed by atoms with Crippen molar-refractivity contribution < 1.29 is 18.7 Å². The molecule has 0 saturated carbocycles. The molecule has 0 atom stereocenters. The Labute approximate surface area is 110 Å². The van der Waals surface area contributed by atoms with Crippen LogP contribution in [0.3, 0.4) is 0 Å². The zero-order valence-corrected chi connectivity index (χ0v) is 10.6. The summed E-state index contributed by atoms with van der Waals surface area (Å²) >= 11 is 0. The quantitative estimate of drug-likeness (QED) is 0.826. The summed E-state index contributed by atoms with van der Waals surface area (Å²) in [6.07, 6.45) is 0. The number of ether oxygens (including phenoxy) is 2. The number of hydrogen-bond acceptors (Lipinski definition) is 4. The van der Waals surface area contributed by atoms with Gasteiger partial charge >= 0.3 is 0 Å². The lowest BCUT2D eigenvalue weighted by molar-refractivity contribution is -0.146. The molecule has 1 aromatic carbocycles. The van der Waals surface area contributed by atoms with Gasteiger partial charge in [-0.15, -0.1) is 0 Å². The number of hydrogen-bond donors (Lipinski definition) is 0. The molecule has 0 aliphatic carbocycles. The first-order valence-electron chi connectivity index (χ1n) is 5.65. The van der Waals surface area contributed by atoms with Gasteiger partial charge < -0.3 is 14.4 Å². The van der Waals surface area contributed by atoms with Gasteiger partial charge in [0.15, 0.2) is 5.41 Å². The maximum absolute atomic E-state index is 13.3. The summed E-state index contributed by atoms with van der Waals surface area (Å²) in [5.74, 6) is -0.540. The van der Waals surface area contributed by atoms with Crippen LogP contribution in [0.25, 0.3) is 0 Å². The Hall–Kier alpha value is -2.13. The van der Waals surface area contributed by atoms with Gasteiger partial charge in [-0.05, 0) is 12.1 Å². The number of nitriles is 1. The van der Waals surface area contributed by atoms with Crippen molar-refractivity contribution >= 4 is 11.6 Å². The van der Waals surface area contributed by atoms with Crippen molar-refractivity contribution in [2.24, 2.45) is 5.41 Å². The fourth-order valence-electron chi connectivity index (χ4n) is 1.90. The summed E-state index contributed by atoms with van der Waals surface area (Å²) in [5.41, 5.74) is -0.888. The first kappa shape index (κ1) is 13.3. The van der Waals surface area contributed by atoms with E-state index >= 15 is 0 Å². The van der Waals surface area contributed by atoms with Crippen LogP contribution in [-0.4, -0.2) is 33.3 Å². The first-order valence-corrected chi connectivity index (χ1v) is 5.65. The summed E-state index contributed by atoms with van der Waals surface area (Å²) in [4.78, 5) is 13.5. The van der Waals surface area contributed by atoms with Crippen molar-refractivity contribution in [3.05, 3.63) is 24.0 Å². The van der Waals surface area contributed by atoms with Crippen molar-refractivity contribution in [3.8, 4) is 11.8 Å². The summed E-state index contributed by atoms with van der Waals surface area (Å²) < 4.78 is 23.3. The van der Waals surface area contributed by atoms with Crippen LogP contribution in [0.15, 0.2) is 18.2 Å². The molecule has 1 aromatic rings. The molecule has 1 amide bonds. The standard InChI is InChI=1S/C13H13FN2O3/c1-16(12(17)13(6-15)7-19-8-13)10-5-9(14)3-4-11(10)18-2/h3-5H,7-8H2,1-2H3. The Morgan fingerprint density at radius 1 is 1.58 bits per heavy atom. The minimum Gasteiger partial charge on any atom is -0.495 e. The minimum atomic E-state index is -1.17. The Kier molecular flexibility index (Phi) is 3.40. The maximum Gasteiger partial charge on any atom is 0.252 e. The number of rotatable bonds is 3. The Bertz CT molecular complexity index is 549. The van der Waals surface area contributed by atoms with Crippen LogP contribution in [0.2, 0.25) is 0 Å². The minimum absolute atomic E-state index is 0.0598. The van der Waals surface area contributed by atoms with E-state index in [4.69, 9.17) is 14.7 Å². The van der Waals surface area contributed by atoms with Gasteiger partial charge in [-0.2, -0.15) is 5.26 Å². The average Bonchev–Trinajstić information content (AvgIpc) is 2.37. The molecule has 1 fully saturated rings. The molecule has 0 bridgehead atoms. The number of benzene rings is 1. The molecule has 1 aliphatic rings. The molecule has 2 rings (SSSR count). The third-order valence-electron chi connectivity index (χ3n) is 3.13. The van der Waals surface area contributed by atoms with E-state index in [1.165, 1.54) is 37.3 Å². The van der Waals surface area contributed by atoms with E-state index < -0.39 is 17.1 Å². The second kappa shape index (κ2) is 4.86. The molecule has 1 saturated heterocycles. The fourth-order valence-corrected chi connectivity index (χ4v) is 1.90. The highest BCUT2D eigenvalue weighted by Gasteiger charge is 2.48. The van der Waals surface area contributed by atoms with Crippen LogP contribution < -0.4 is 9.64 Å². The molecule has 1 aliphatic heterocycles. The smallest absolute Gasteiger partial charge is 0.252 e. The molecule has 5 nitrogen and oxygen atoms in total. The second-order valence-corrected chi connectivity index (χ2v) is 4.37. The molecule has 0 N–H and O–H groups in total. The number of anilines is 1. The van der Waals surface area contributed by atoms with Gasteiger partial charge in [0.1, 0.15) is 11.6 Å². The summed E-state index contributed by atoms with van der Waals surface area (Å²) in [7, 11) is 2.92. The van der Waals surface area contributed by atoms with E-state index in [9.17, 15) is 9.18 Å². The molecule has 100 valence electrons. The van der Waals surface area contributed by atoms with Crippen LogP contribution in [-0.2, 0) is 9.53 Å². The van der Waals surface area contributed by atoms with Gasteiger partial charge in [0.05, 0.1) is 32.1 Å². The molecular weight excluding hydrogens is 251 g/mol. The highest BCUT2D eigenvalue weighted by atomic mass is 19.1. The van der Waals surface area contributed by atoms with Crippen molar-refractivity contribution in [1.82, 2.24) is 0 Å². The monoisotopic (exact) mass is 264 g/mol. The SMILES string of the molecule is COc1ccc(F)cc1N(C)C(=O)C1(C#N)COC1. The number of carbonyl (C=O) groups excluding carboxylic acids is 1. The number of amides is 1. The predicted octanol–water partition coefficient (Wildman–Crippen LogP) is 1.34. The summed E-state index contributed by atoms with van der Waals surface area (Å²) in [5, 5.41) is 9.10. The highest BCUT2D eigenvalue weighted by Crippen LogP contribution is 2.34. The lowest BCUT2D eigenvalue weighted by atomic mass is 9.86. The Balaban J connectivity index is 2.34. The lowest BCUT2D eigenvalue weighted by Gasteiger charge is -2.36.